The Hall–Kier alpha value is 0.500. The van der Waals surface area contributed by atoms with E-state index in [1.807, 2.05) is 20.8 Å². The van der Waals surface area contributed by atoms with E-state index in [1.54, 1.807) is 0 Å². The van der Waals surface area contributed by atoms with Crippen molar-refractivity contribution < 1.29 is 9.09 Å². The highest BCUT2D eigenvalue weighted by molar-refractivity contribution is 8.56. The minimum absolute atomic E-state index is 0.106. The molecule has 0 amide bonds. The summed E-state index contributed by atoms with van der Waals surface area (Å²) in [5.74, 6) is 0.886. The molecule has 3 nitrogen and oxygen atoms in total. The lowest BCUT2D eigenvalue weighted by molar-refractivity contribution is 0.323. The lowest BCUT2D eigenvalue weighted by Crippen LogP contribution is -2.25. The molecule has 0 radical (unpaired) electrons. The van der Waals surface area contributed by atoms with Gasteiger partial charge in [0, 0.05) is 18.0 Å². The van der Waals surface area contributed by atoms with Crippen LogP contribution in [0.3, 0.4) is 0 Å². The second kappa shape index (κ2) is 8.57. The molecule has 0 spiro atoms. The predicted molar refractivity (Wildman–Crippen MR) is 74.6 cm³/mol. The van der Waals surface area contributed by atoms with Crippen LogP contribution in [0.1, 0.15) is 34.6 Å². The summed E-state index contributed by atoms with van der Waals surface area (Å²) >= 11 is 1.51. The Bertz CT molecular complexity index is 220. The van der Waals surface area contributed by atoms with Gasteiger partial charge in [-0.1, -0.05) is 39.1 Å². The molecule has 0 aromatic carbocycles. The molecule has 0 rings (SSSR count). The third-order valence-electron chi connectivity index (χ3n) is 2.51. The molecule has 0 fully saturated rings. The SMILES string of the molecule is CCOP(=O)(SCCN(CC)CC)C(C)C. The first-order valence-corrected chi connectivity index (χ1v) is 9.39. The molecule has 1 atom stereocenters. The molecule has 0 aliphatic carbocycles. The molecule has 0 N–H and O–H groups in total. The fourth-order valence-corrected chi connectivity index (χ4v) is 5.42. The Kier molecular flexibility index (Phi) is 8.84. The zero-order chi connectivity index (χ0) is 12.6. The van der Waals surface area contributed by atoms with Crippen LogP contribution in [0.4, 0.5) is 0 Å². The molecule has 98 valence electrons. The van der Waals surface area contributed by atoms with Crippen LogP contribution in [0.2, 0.25) is 0 Å². The Morgan fingerprint density at radius 1 is 1.25 bits per heavy atom. The van der Waals surface area contributed by atoms with Crippen LogP contribution in [-0.4, -0.2) is 42.6 Å². The first kappa shape index (κ1) is 16.5. The van der Waals surface area contributed by atoms with Crippen LogP contribution in [0.25, 0.3) is 0 Å². The van der Waals surface area contributed by atoms with Crippen molar-refractivity contribution in [1.29, 1.82) is 0 Å². The van der Waals surface area contributed by atoms with Crippen molar-refractivity contribution in [2.45, 2.75) is 40.3 Å². The van der Waals surface area contributed by atoms with Gasteiger partial charge < -0.3 is 9.42 Å². The number of hydrogen-bond acceptors (Lipinski definition) is 4. The summed E-state index contributed by atoms with van der Waals surface area (Å²) in [6.45, 7) is 11.3. The number of hydrogen-bond donors (Lipinski definition) is 0. The molecule has 0 aliphatic rings. The van der Waals surface area contributed by atoms with Crippen LogP contribution in [0.15, 0.2) is 0 Å². The summed E-state index contributed by atoms with van der Waals surface area (Å²) in [6, 6.07) is 0. The first-order valence-electron chi connectivity index (χ1n) is 6.11. The van der Waals surface area contributed by atoms with Crippen molar-refractivity contribution >= 4 is 18.0 Å². The zero-order valence-electron chi connectivity index (χ0n) is 11.2. The summed E-state index contributed by atoms with van der Waals surface area (Å²) < 4.78 is 17.8. The molecule has 0 aromatic heterocycles. The molecule has 16 heavy (non-hydrogen) atoms. The van der Waals surface area contributed by atoms with Crippen LogP contribution in [-0.2, 0) is 9.09 Å². The normalized spacial score (nSPS) is 15.7. The van der Waals surface area contributed by atoms with E-state index in [-0.39, 0.29) is 5.66 Å². The Morgan fingerprint density at radius 2 is 1.81 bits per heavy atom. The largest absolute Gasteiger partial charge is 0.321 e. The van der Waals surface area contributed by atoms with Gasteiger partial charge in [-0.05, 0) is 20.0 Å². The van der Waals surface area contributed by atoms with E-state index in [4.69, 9.17) is 4.52 Å². The smallest absolute Gasteiger partial charge is 0.260 e. The molecule has 0 bridgehead atoms. The average Bonchev–Trinajstić information content (AvgIpc) is 2.24. The van der Waals surface area contributed by atoms with Crippen LogP contribution >= 0.6 is 18.0 Å². The van der Waals surface area contributed by atoms with Gasteiger partial charge in [-0.15, -0.1) is 0 Å². The van der Waals surface area contributed by atoms with Crippen molar-refractivity contribution in [2.75, 3.05) is 32.0 Å². The van der Waals surface area contributed by atoms with Crippen LogP contribution in [0.5, 0.6) is 0 Å². The second-order valence-corrected chi connectivity index (χ2v) is 9.25. The maximum absolute atomic E-state index is 12.4. The zero-order valence-corrected chi connectivity index (χ0v) is 12.9. The molecule has 0 heterocycles. The quantitative estimate of drug-likeness (QED) is 0.596. The van der Waals surface area contributed by atoms with Crippen LogP contribution < -0.4 is 0 Å². The highest BCUT2D eigenvalue weighted by atomic mass is 32.7. The highest BCUT2D eigenvalue weighted by Gasteiger charge is 2.27. The van der Waals surface area contributed by atoms with Gasteiger partial charge in [0.25, 0.3) is 6.57 Å². The predicted octanol–water partition coefficient (Wildman–Crippen LogP) is 3.70. The summed E-state index contributed by atoms with van der Waals surface area (Å²) in [6.07, 6.45) is 0. The van der Waals surface area contributed by atoms with E-state index in [0.29, 0.717) is 6.61 Å². The van der Waals surface area contributed by atoms with Crippen molar-refractivity contribution in [3.63, 3.8) is 0 Å². The van der Waals surface area contributed by atoms with Crippen molar-refractivity contribution in [3.8, 4) is 0 Å². The summed E-state index contributed by atoms with van der Waals surface area (Å²) in [4.78, 5) is 2.34. The minimum atomic E-state index is -2.48. The molecular weight excluding hydrogens is 241 g/mol. The fourth-order valence-electron chi connectivity index (χ4n) is 1.35. The monoisotopic (exact) mass is 267 g/mol. The van der Waals surface area contributed by atoms with Gasteiger partial charge in [0.1, 0.15) is 0 Å². The minimum Gasteiger partial charge on any atom is -0.321 e. The number of rotatable bonds is 9. The molecule has 5 heteroatoms. The highest BCUT2D eigenvalue weighted by Crippen LogP contribution is 2.63. The molecule has 0 saturated heterocycles. The Balaban J connectivity index is 4.08. The summed E-state index contributed by atoms with van der Waals surface area (Å²) in [7, 11) is 0. The Labute approximate surface area is 105 Å². The van der Waals surface area contributed by atoms with E-state index in [0.717, 1.165) is 25.4 Å². The summed E-state index contributed by atoms with van der Waals surface area (Å²) in [5.41, 5.74) is 0.106. The average molecular weight is 267 g/mol. The van der Waals surface area contributed by atoms with Gasteiger partial charge in [-0.2, -0.15) is 0 Å². The Morgan fingerprint density at radius 3 is 2.19 bits per heavy atom. The molecule has 1 unspecified atom stereocenters. The van der Waals surface area contributed by atoms with Crippen LogP contribution in [0, 0.1) is 0 Å². The first-order chi connectivity index (χ1) is 7.50. The molecule has 0 aliphatic heterocycles. The van der Waals surface area contributed by atoms with E-state index in [1.165, 1.54) is 11.4 Å². The van der Waals surface area contributed by atoms with Gasteiger partial charge in [-0.3, -0.25) is 4.57 Å². The van der Waals surface area contributed by atoms with Gasteiger partial charge in [0.15, 0.2) is 0 Å². The topological polar surface area (TPSA) is 29.5 Å². The van der Waals surface area contributed by atoms with E-state index >= 15 is 0 Å². The van der Waals surface area contributed by atoms with Gasteiger partial charge in [0.2, 0.25) is 0 Å². The van der Waals surface area contributed by atoms with E-state index in [2.05, 4.69) is 18.7 Å². The maximum Gasteiger partial charge on any atom is 0.260 e. The van der Waals surface area contributed by atoms with Gasteiger partial charge in [-0.25, -0.2) is 0 Å². The fraction of sp³-hybridized carbons (Fsp3) is 1.00. The molecular formula is C11H26NO2PS. The van der Waals surface area contributed by atoms with Crippen molar-refractivity contribution in [1.82, 2.24) is 4.90 Å². The third-order valence-corrected chi connectivity index (χ3v) is 8.33. The third kappa shape index (κ3) is 5.72. The lowest BCUT2D eigenvalue weighted by atomic mass is 10.5. The van der Waals surface area contributed by atoms with E-state index in [9.17, 15) is 4.57 Å². The van der Waals surface area contributed by atoms with Gasteiger partial charge >= 0.3 is 0 Å². The van der Waals surface area contributed by atoms with Crippen molar-refractivity contribution in [2.24, 2.45) is 0 Å². The number of nitrogens with zero attached hydrogens (tertiary/aromatic N) is 1. The maximum atomic E-state index is 12.4. The molecule has 0 aromatic rings. The lowest BCUT2D eigenvalue weighted by Gasteiger charge is -2.23. The standard InChI is InChI=1S/C11H26NO2PS/c1-6-12(7-2)9-10-16-15(13,11(4)5)14-8-3/h11H,6-10H2,1-5H3. The summed E-state index contributed by atoms with van der Waals surface area (Å²) in [5, 5.41) is 0. The van der Waals surface area contributed by atoms with Gasteiger partial charge in [0.05, 0.1) is 6.61 Å². The van der Waals surface area contributed by atoms with Crippen molar-refractivity contribution in [3.05, 3.63) is 0 Å². The second-order valence-electron chi connectivity index (χ2n) is 3.91. The molecule has 0 saturated carbocycles. The van der Waals surface area contributed by atoms with E-state index < -0.39 is 6.57 Å².